The van der Waals surface area contributed by atoms with E-state index in [1.165, 1.54) is 30.9 Å². The van der Waals surface area contributed by atoms with Crippen molar-refractivity contribution in [3.8, 4) is 0 Å². The Hall–Kier alpha value is -3.75. The molecule has 1 unspecified atom stereocenters. The van der Waals surface area contributed by atoms with Gasteiger partial charge in [0, 0.05) is 83.7 Å². The van der Waals surface area contributed by atoms with Crippen LogP contribution in [0.2, 0.25) is 5.02 Å². The molecule has 3 amide bonds. The number of hydrogen-bond acceptors (Lipinski definition) is 8. The first kappa shape index (κ1) is 34.7. The van der Waals surface area contributed by atoms with E-state index >= 15 is 0 Å². The van der Waals surface area contributed by atoms with Crippen molar-refractivity contribution in [2.45, 2.75) is 56.0 Å². The summed E-state index contributed by atoms with van der Waals surface area (Å²) in [6.07, 6.45) is -4.72. The van der Waals surface area contributed by atoms with Crippen LogP contribution in [0.15, 0.2) is 36.4 Å². The first-order valence-corrected chi connectivity index (χ1v) is 17.7. The lowest BCUT2D eigenvalue weighted by atomic mass is 9.82. The number of nitrogens with zero attached hydrogens (tertiary/aromatic N) is 4. The SMILES string of the molecule is CNc1c(Cl)cc(C[C@@H](OC(=O)N2CCC3(CC2)OC(=O)Nc2ccccc23)C(=O)N2CCN(C3CN4CCC3CC4)CC2)cc1C(F)(F)F. The normalized spacial score (nSPS) is 25.4. The van der Waals surface area contributed by atoms with Crippen molar-refractivity contribution in [1.82, 2.24) is 19.6 Å². The highest BCUT2D eigenvalue weighted by Crippen LogP contribution is 2.44. The molecule has 6 aliphatic rings. The number of likely N-dealkylation sites (tertiary alicyclic amines) is 1. The zero-order chi connectivity index (χ0) is 35.2. The second-order valence-electron chi connectivity index (χ2n) is 13.9. The van der Waals surface area contributed by atoms with E-state index in [0.29, 0.717) is 56.7 Å². The Kier molecular flexibility index (Phi) is 9.54. The molecule has 5 fully saturated rings. The van der Waals surface area contributed by atoms with Gasteiger partial charge in [-0.25, -0.2) is 9.59 Å². The topological polar surface area (TPSA) is 107 Å². The number of halogens is 4. The number of carbonyl (C=O) groups is 3. The highest BCUT2D eigenvalue weighted by Gasteiger charge is 2.46. The molecule has 2 bridgehead atoms. The number of ether oxygens (including phenoxy) is 2. The average molecular weight is 719 g/mol. The van der Waals surface area contributed by atoms with Crippen LogP contribution < -0.4 is 10.6 Å². The second-order valence-corrected chi connectivity index (χ2v) is 14.3. The van der Waals surface area contributed by atoms with E-state index in [1.54, 1.807) is 11.0 Å². The number of amides is 3. The molecule has 0 saturated carbocycles. The third-order valence-corrected chi connectivity index (χ3v) is 11.4. The van der Waals surface area contributed by atoms with Gasteiger partial charge in [0.2, 0.25) is 0 Å². The van der Waals surface area contributed by atoms with Crippen molar-refractivity contribution in [2.24, 2.45) is 5.92 Å². The molecule has 15 heteroatoms. The number of hydrogen-bond donors (Lipinski definition) is 2. The molecule has 50 heavy (non-hydrogen) atoms. The highest BCUT2D eigenvalue weighted by molar-refractivity contribution is 6.33. The summed E-state index contributed by atoms with van der Waals surface area (Å²) in [7, 11) is 1.35. The Morgan fingerprint density at radius 2 is 1.74 bits per heavy atom. The van der Waals surface area contributed by atoms with E-state index < -0.39 is 41.5 Å². The first-order chi connectivity index (χ1) is 23.9. The average Bonchev–Trinajstić information content (AvgIpc) is 3.11. The van der Waals surface area contributed by atoms with Gasteiger partial charge in [-0.05, 0) is 55.6 Å². The van der Waals surface area contributed by atoms with Crippen LogP contribution in [-0.2, 0) is 32.5 Å². The first-order valence-electron chi connectivity index (χ1n) is 17.3. The molecule has 6 heterocycles. The Balaban J connectivity index is 1.07. The number of rotatable bonds is 6. The molecule has 270 valence electrons. The van der Waals surface area contributed by atoms with Gasteiger partial charge in [-0.15, -0.1) is 0 Å². The Labute approximate surface area is 294 Å². The second kappa shape index (κ2) is 13.8. The maximum atomic E-state index is 14.1. The minimum Gasteiger partial charge on any atom is -0.438 e. The highest BCUT2D eigenvalue weighted by atomic mass is 35.5. The summed E-state index contributed by atoms with van der Waals surface area (Å²) in [6, 6.07) is 10.1. The predicted molar refractivity (Wildman–Crippen MR) is 180 cm³/mol. The van der Waals surface area contributed by atoms with Crippen LogP contribution in [0.3, 0.4) is 0 Å². The van der Waals surface area contributed by atoms with Crippen LogP contribution in [-0.4, -0.2) is 116 Å². The molecule has 1 spiro atoms. The minimum absolute atomic E-state index is 0.120. The van der Waals surface area contributed by atoms with Crippen LogP contribution in [0.1, 0.15) is 42.4 Å². The fourth-order valence-electron chi connectivity index (χ4n) is 8.45. The Morgan fingerprint density at radius 1 is 1.04 bits per heavy atom. The van der Waals surface area contributed by atoms with Gasteiger partial charge in [-0.1, -0.05) is 29.8 Å². The lowest BCUT2D eigenvalue weighted by Gasteiger charge is -2.51. The standard InChI is InChI=1S/C35H42ClF3N6O5/c1-40-30-25(35(37,38)39)18-22(19-26(30)36)20-29(31(46)44-16-14-43(15-17-44)28-21-42-10-6-23(28)7-11-42)49-33(48)45-12-8-34(9-13-45)24-4-2-3-5-27(24)41-32(47)50-34/h2-5,18-19,23,28-29,40H,6-17,20-21H2,1H3,(H,41,47)/t28?,29-/m1/s1. The number of nitrogens with one attached hydrogen (secondary N) is 2. The predicted octanol–water partition coefficient (Wildman–Crippen LogP) is 5.24. The molecule has 8 rings (SSSR count). The number of piperazine rings is 1. The van der Waals surface area contributed by atoms with E-state index in [2.05, 4.69) is 20.4 Å². The van der Waals surface area contributed by atoms with Crippen molar-refractivity contribution in [3.63, 3.8) is 0 Å². The van der Waals surface area contributed by atoms with Crippen molar-refractivity contribution >= 4 is 41.1 Å². The number of alkyl halides is 3. The lowest BCUT2D eigenvalue weighted by molar-refractivity contribution is -0.144. The maximum Gasteiger partial charge on any atom is 0.418 e. The molecule has 2 N–H and O–H groups in total. The molecule has 2 aromatic rings. The minimum atomic E-state index is -4.71. The lowest BCUT2D eigenvalue weighted by Crippen LogP contribution is -2.62. The van der Waals surface area contributed by atoms with Crippen LogP contribution in [0, 0.1) is 5.92 Å². The van der Waals surface area contributed by atoms with Gasteiger partial charge in [0.05, 0.1) is 22.0 Å². The molecule has 0 aromatic heterocycles. The van der Waals surface area contributed by atoms with Gasteiger partial charge in [0.15, 0.2) is 6.10 Å². The number of anilines is 2. The van der Waals surface area contributed by atoms with E-state index in [1.807, 2.05) is 18.2 Å². The van der Waals surface area contributed by atoms with E-state index in [4.69, 9.17) is 21.1 Å². The van der Waals surface area contributed by atoms with Crippen molar-refractivity contribution in [1.29, 1.82) is 0 Å². The van der Waals surface area contributed by atoms with Crippen LogP contribution in [0.25, 0.3) is 0 Å². The van der Waals surface area contributed by atoms with E-state index in [0.717, 1.165) is 31.3 Å². The Bertz CT molecular complexity index is 1620. The number of carbonyl (C=O) groups excluding carboxylic acids is 3. The van der Waals surface area contributed by atoms with Gasteiger partial charge in [0.25, 0.3) is 5.91 Å². The van der Waals surface area contributed by atoms with Gasteiger partial charge in [-0.3, -0.25) is 15.0 Å². The summed E-state index contributed by atoms with van der Waals surface area (Å²) in [5, 5.41) is 5.07. The van der Waals surface area contributed by atoms with Gasteiger partial charge >= 0.3 is 18.4 Å². The summed E-state index contributed by atoms with van der Waals surface area (Å²) in [5.74, 6) is 0.193. The molecule has 2 atom stereocenters. The largest absolute Gasteiger partial charge is 0.438 e. The van der Waals surface area contributed by atoms with Crippen molar-refractivity contribution < 1.29 is 37.0 Å². The van der Waals surface area contributed by atoms with Gasteiger partial charge in [0.1, 0.15) is 5.60 Å². The van der Waals surface area contributed by atoms with Crippen molar-refractivity contribution in [2.75, 3.05) is 76.6 Å². The third-order valence-electron chi connectivity index (χ3n) is 11.1. The zero-order valence-corrected chi connectivity index (χ0v) is 28.7. The monoisotopic (exact) mass is 718 g/mol. The summed E-state index contributed by atoms with van der Waals surface area (Å²) in [4.78, 5) is 48.2. The molecule has 5 saturated heterocycles. The quantitative estimate of drug-likeness (QED) is 0.418. The molecular weight excluding hydrogens is 677 g/mol. The van der Waals surface area contributed by atoms with Gasteiger partial charge in [-0.2, -0.15) is 13.2 Å². The molecule has 2 aromatic carbocycles. The number of fused-ring (bicyclic) bond motifs is 5. The summed E-state index contributed by atoms with van der Waals surface area (Å²) < 4.78 is 53.8. The summed E-state index contributed by atoms with van der Waals surface area (Å²) in [5.41, 5.74) is -0.563. The van der Waals surface area contributed by atoms with E-state index in [9.17, 15) is 27.6 Å². The van der Waals surface area contributed by atoms with Crippen LogP contribution in [0.4, 0.5) is 34.1 Å². The molecule has 11 nitrogen and oxygen atoms in total. The van der Waals surface area contributed by atoms with Crippen LogP contribution in [0.5, 0.6) is 0 Å². The maximum absolute atomic E-state index is 14.1. The van der Waals surface area contributed by atoms with Crippen LogP contribution >= 0.6 is 11.6 Å². The van der Waals surface area contributed by atoms with Crippen molar-refractivity contribution in [3.05, 3.63) is 58.1 Å². The molecule has 0 aliphatic carbocycles. The number of para-hydroxylation sites is 1. The molecular formula is C35H42ClF3N6O5. The number of piperidine rings is 4. The fourth-order valence-corrected chi connectivity index (χ4v) is 8.79. The fraction of sp³-hybridized carbons (Fsp3) is 0.571. The summed E-state index contributed by atoms with van der Waals surface area (Å²) >= 11 is 6.29. The van der Waals surface area contributed by atoms with E-state index in [-0.39, 0.29) is 35.8 Å². The summed E-state index contributed by atoms with van der Waals surface area (Å²) in [6.45, 7) is 5.86. The number of benzene rings is 2. The Morgan fingerprint density at radius 3 is 2.38 bits per heavy atom. The third kappa shape index (κ3) is 6.81. The molecule has 0 radical (unpaired) electrons. The zero-order valence-electron chi connectivity index (χ0n) is 27.9. The van der Waals surface area contributed by atoms with Gasteiger partial charge < -0.3 is 29.5 Å². The smallest absolute Gasteiger partial charge is 0.418 e. The molecule has 6 aliphatic heterocycles.